The van der Waals surface area contributed by atoms with Crippen LogP contribution in [-0.4, -0.2) is 30.1 Å². The topological polar surface area (TPSA) is 75.6 Å². The predicted octanol–water partition coefficient (Wildman–Crippen LogP) is 1.93. The summed E-state index contributed by atoms with van der Waals surface area (Å²) in [6, 6.07) is 6.74. The van der Waals surface area contributed by atoms with Gasteiger partial charge in [-0.25, -0.2) is 0 Å². The SMILES string of the molecule is CCOc1ccc(C(=O)NCC(CC)C(=O)O)cc1. The first-order chi connectivity index (χ1) is 9.08. The van der Waals surface area contributed by atoms with Gasteiger partial charge in [0.25, 0.3) is 5.91 Å². The first-order valence-electron chi connectivity index (χ1n) is 6.32. The predicted molar refractivity (Wildman–Crippen MR) is 71.4 cm³/mol. The number of rotatable bonds is 7. The second kappa shape index (κ2) is 7.41. The lowest BCUT2D eigenvalue weighted by Gasteiger charge is -2.11. The number of ether oxygens (including phenoxy) is 1. The first kappa shape index (κ1) is 15.0. The number of carbonyl (C=O) groups excluding carboxylic acids is 1. The highest BCUT2D eigenvalue weighted by Gasteiger charge is 2.16. The van der Waals surface area contributed by atoms with Gasteiger partial charge in [0.05, 0.1) is 12.5 Å². The minimum Gasteiger partial charge on any atom is -0.494 e. The number of aliphatic carboxylic acids is 1. The van der Waals surface area contributed by atoms with E-state index in [1.807, 2.05) is 6.92 Å². The van der Waals surface area contributed by atoms with E-state index in [4.69, 9.17) is 9.84 Å². The van der Waals surface area contributed by atoms with Crippen LogP contribution in [0.2, 0.25) is 0 Å². The lowest BCUT2D eigenvalue weighted by molar-refractivity contribution is -0.141. The highest BCUT2D eigenvalue weighted by atomic mass is 16.5. The molecule has 104 valence electrons. The molecular formula is C14H19NO4. The van der Waals surface area contributed by atoms with E-state index in [1.54, 1.807) is 31.2 Å². The Balaban J connectivity index is 2.55. The molecule has 1 aromatic carbocycles. The summed E-state index contributed by atoms with van der Waals surface area (Å²) in [5.74, 6) is -1.01. The lowest BCUT2D eigenvalue weighted by atomic mass is 10.1. The van der Waals surface area contributed by atoms with Crippen LogP contribution in [-0.2, 0) is 4.79 Å². The molecule has 0 aliphatic carbocycles. The summed E-state index contributed by atoms with van der Waals surface area (Å²) >= 11 is 0. The highest BCUT2D eigenvalue weighted by molar-refractivity contribution is 5.94. The molecule has 0 spiro atoms. The van der Waals surface area contributed by atoms with Crippen molar-refractivity contribution in [2.45, 2.75) is 20.3 Å². The molecule has 1 unspecified atom stereocenters. The smallest absolute Gasteiger partial charge is 0.308 e. The summed E-state index contributed by atoms with van der Waals surface area (Å²) in [5, 5.41) is 11.5. The van der Waals surface area contributed by atoms with Gasteiger partial charge in [-0.3, -0.25) is 9.59 Å². The molecule has 1 rings (SSSR count). The van der Waals surface area contributed by atoms with Crippen LogP contribution in [0.5, 0.6) is 5.75 Å². The Labute approximate surface area is 112 Å². The standard InChI is InChI=1S/C14H19NO4/c1-3-10(14(17)18)9-15-13(16)11-5-7-12(8-6-11)19-4-2/h5-8,10H,3-4,9H2,1-2H3,(H,15,16)(H,17,18). The van der Waals surface area contributed by atoms with Crippen LogP contribution in [0.25, 0.3) is 0 Å². The van der Waals surface area contributed by atoms with Crippen molar-refractivity contribution in [3.8, 4) is 5.75 Å². The summed E-state index contributed by atoms with van der Waals surface area (Å²) < 4.78 is 5.28. The maximum Gasteiger partial charge on any atom is 0.308 e. The minimum absolute atomic E-state index is 0.137. The third-order valence-electron chi connectivity index (χ3n) is 2.78. The normalized spacial score (nSPS) is 11.7. The van der Waals surface area contributed by atoms with E-state index >= 15 is 0 Å². The molecule has 0 radical (unpaired) electrons. The van der Waals surface area contributed by atoms with Gasteiger partial charge in [0, 0.05) is 12.1 Å². The van der Waals surface area contributed by atoms with Gasteiger partial charge in [-0.2, -0.15) is 0 Å². The van der Waals surface area contributed by atoms with Gasteiger partial charge in [-0.05, 0) is 37.6 Å². The zero-order valence-corrected chi connectivity index (χ0v) is 11.2. The fraction of sp³-hybridized carbons (Fsp3) is 0.429. The fourth-order valence-corrected chi connectivity index (χ4v) is 1.59. The van der Waals surface area contributed by atoms with Gasteiger partial charge >= 0.3 is 5.97 Å². The van der Waals surface area contributed by atoms with E-state index in [9.17, 15) is 9.59 Å². The number of hydrogen-bond donors (Lipinski definition) is 2. The van der Waals surface area contributed by atoms with Gasteiger partial charge in [0.1, 0.15) is 5.75 Å². The Bertz CT molecular complexity index is 428. The number of carboxylic acid groups (broad SMARTS) is 1. The number of carbonyl (C=O) groups is 2. The van der Waals surface area contributed by atoms with E-state index < -0.39 is 11.9 Å². The molecule has 0 aliphatic heterocycles. The molecule has 5 nitrogen and oxygen atoms in total. The largest absolute Gasteiger partial charge is 0.494 e. The van der Waals surface area contributed by atoms with Crippen molar-refractivity contribution in [3.63, 3.8) is 0 Å². The summed E-state index contributed by atoms with van der Waals surface area (Å²) in [7, 11) is 0. The second-order valence-corrected chi connectivity index (χ2v) is 4.11. The van der Waals surface area contributed by atoms with Crippen LogP contribution < -0.4 is 10.1 Å². The summed E-state index contributed by atoms with van der Waals surface area (Å²) in [5.41, 5.74) is 0.490. The van der Waals surface area contributed by atoms with Crippen molar-refractivity contribution in [2.24, 2.45) is 5.92 Å². The van der Waals surface area contributed by atoms with Crippen molar-refractivity contribution < 1.29 is 19.4 Å². The van der Waals surface area contributed by atoms with E-state index in [2.05, 4.69) is 5.32 Å². The molecule has 0 aliphatic rings. The molecule has 2 N–H and O–H groups in total. The Kier molecular flexibility index (Phi) is 5.85. The van der Waals surface area contributed by atoms with Gasteiger partial charge in [0.2, 0.25) is 0 Å². The molecule has 0 fully saturated rings. The molecule has 1 atom stereocenters. The van der Waals surface area contributed by atoms with E-state index in [0.29, 0.717) is 24.3 Å². The number of hydrogen-bond acceptors (Lipinski definition) is 3. The Morgan fingerprint density at radius 2 is 1.89 bits per heavy atom. The summed E-state index contributed by atoms with van der Waals surface area (Å²) in [6.45, 7) is 4.37. The Hall–Kier alpha value is -2.04. The van der Waals surface area contributed by atoms with Crippen LogP contribution in [0.4, 0.5) is 0 Å². The Morgan fingerprint density at radius 1 is 1.26 bits per heavy atom. The zero-order chi connectivity index (χ0) is 14.3. The second-order valence-electron chi connectivity index (χ2n) is 4.11. The van der Waals surface area contributed by atoms with Crippen LogP contribution in [0, 0.1) is 5.92 Å². The molecule has 0 bridgehead atoms. The van der Waals surface area contributed by atoms with Crippen LogP contribution in [0.1, 0.15) is 30.6 Å². The minimum atomic E-state index is -0.894. The van der Waals surface area contributed by atoms with Crippen molar-refractivity contribution in [1.82, 2.24) is 5.32 Å². The van der Waals surface area contributed by atoms with E-state index in [0.717, 1.165) is 0 Å². The third-order valence-corrected chi connectivity index (χ3v) is 2.78. The maximum absolute atomic E-state index is 11.8. The fourth-order valence-electron chi connectivity index (χ4n) is 1.59. The number of carboxylic acids is 1. The summed E-state index contributed by atoms with van der Waals surface area (Å²) in [6.07, 6.45) is 0.485. The number of benzene rings is 1. The summed E-state index contributed by atoms with van der Waals surface area (Å²) in [4.78, 5) is 22.6. The molecule has 0 heterocycles. The van der Waals surface area contributed by atoms with E-state index in [-0.39, 0.29) is 12.5 Å². The lowest BCUT2D eigenvalue weighted by Crippen LogP contribution is -2.32. The number of nitrogens with one attached hydrogen (secondary N) is 1. The molecular weight excluding hydrogens is 246 g/mol. The van der Waals surface area contributed by atoms with Crippen LogP contribution >= 0.6 is 0 Å². The zero-order valence-electron chi connectivity index (χ0n) is 11.2. The molecule has 0 saturated heterocycles. The van der Waals surface area contributed by atoms with Crippen LogP contribution in [0.3, 0.4) is 0 Å². The molecule has 1 amide bonds. The monoisotopic (exact) mass is 265 g/mol. The maximum atomic E-state index is 11.8. The average Bonchev–Trinajstić information content (AvgIpc) is 2.40. The van der Waals surface area contributed by atoms with E-state index in [1.165, 1.54) is 0 Å². The average molecular weight is 265 g/mol. The van der Waals surface area contributed by atoms with Gasteiger partial charge in [-0.1, -0.05) is 6.92 Å². The van der Waals surface area contributed by atoms with Crippen LogP contribution in [0.15, 0.2) is 24.3 Å². The van der Waals surface area contributed by atoms with Gasteiger partial charge in [0.15, 0.2) is 0 Å². The van der Waals surface area contributed by atoms with Gasteiger partial charge < -0.3 is 15.2 Å². The molecule has 0 aromatic heterocycles. The molecule has 0 saturated carbocycles. The Morgan fingerprint density at radius 3 is 2.37 bits per heavy atom. The molecule has 5 heteroatoms. The molecule has 19 heavy (non-hydrogen) atoms. The van der Waals surface area contributed by atoms with Crippen molar-refractivity contribution in [1.29, 1.82) is 0 Å². The van der Waals surface area contributed by atoms with Crippen molar-refractivity contribution in [3.05, 3.63) is 29.8 Å². The molecule has 1 aromatic rings. The van der Waals surface area contributed by atoms with Gasteiger partial charge in [-0.15, -0.1) is 0 Å². The third kappa shape index (κ3) is 4.62. The number of amides is 1. The van der Waals surface area contributed by atoms with Crippen molar-refractivity contribution >= 4 is 11.9 Å². The van der Waals surface area contributed by atoms with Crippen molar-refractivity contribution in [2.75, 3.05) is 13.2 Å². The quantitative estimate of drug-likeness (QED) is 0.789. The highest BCUT2D eigenvalue weighted by Crippen LogP contribution is 2.12. The first-order valence-corrected chi connectivity index (χ1v) is 6.32.